The number of aryl methyl sites for hydroxylation is 1. The molecule has 1 fully saturated rings. The molecule has 0 bridgehead atoms. The van der Waals surface area contributed by atoms with Crippen LogP contribution in [-0.2, 0) is 17.8 Å². The molecule has 4 rings (SSSR count). The molecule has 3 heterocycles. The van der Waals surface area contributed by atoms with Crippen LogP contribution >= 0.6 is 0 Å². The van der Waals surface area contributed by atoms with Crippen LogP contribution in [0.15, 0.2) is 48.8 Å². The number of carbonyl (C=O) groups excluding carboxylic acids is 1. The van der Waals surface area contributed by atoms with Crippen LogP contribution in [0.4, 0.5) is 0 Å². The van der Waals surface area contributed by atoms with Crippen molar-refractivity contribution in [2.24, 2.45) is 5.92 Å². The summed E-state index contributed by atoms with van der Waals surface area (Å²) in [6.07, 6.45) is 9.30. The predicted molar refractivity (Wildman–Crippen MR) is 114 cm³/mol. The Kier molecular flexibility index (Phi) is 6.45. The minimum absolute atomic E-state index is 0.0797. The molecular formula is C24H31N3O2. The number of likely N-dealkylation sites (tertiary alicyclic amines) is 1. The Morgan fingerprint density at radius 3 is 2.90 bits per heavy atom. The number of pyridine rings is 1. The zero-order chi connectivity index (χ0) is 20.1. The fourth-order valence-electron chi connectivity index (χ4n) is 4.78. The molecule has 2 aliphatic heterocycles. The van der Waals surface area contributed by atoms with Gasteiger partial charge in [0.2, 0.25) is 0 Å². The van der Waals surface area contributed by atoms with E-state index in [-0.39, 0.29) is 12.5 Å². The molecule has 0 N–H and O–H groups in total. The van der Waals surface area contributed by atoms with Gasteiger partial charge in [-0.05, 0) is 54.9 Å². The first-order valence-corrected chi connectivity index (χ1v) is 10.8. The molecule has 2 atom stereocenters. The van der Waals surface area contributed by atoms with Crippen LogP contribution in [0, 0.1) is 5.92 Å². The second kappa shape index (κ2) is 9.40. The van der Waals surface area contributed by atoms with E-state index in [0.29, 0.717) is 12.0 Å². The van der Waals surface area contributed by atoms with E-state index < -0.39 is 0 Å². The molecular weight excluding hydrogens is 362 g/mol. The van der Waals surface area contributed by atoms with Crippen molar-refractivity contribution in [1.82, 2.24) is 14.8 Å². The lowest BCUT2D eigenvalue weighted by molar-refractivity contribution is -0.136. The number of rotatable bonds is 2. The molecule has 1 aromatic heterocycles. The van der Waals surface area contributed by atoms with E-state index in [4.69, 9.17) is 4.74 Å². The fraction of sp³-hybridized carbons (Fsp3) is 0.500. The summed E-state index contributed by atoms with van der Waals surface area (Å²) < 4.78 is 5.91. The van der Waals surface area contributed by atoms with E-state index in [1.807, 2.05) is 42.5 Å². The quantitative estimate of drug-likeness (QED) is 0.783. The Bertz CT molecular complexity index is 811. The highest BCUT2D eigenvalue weighted by Gasteiger charge is 2.33. The first-order chi connectivity index (χ1) is 14.2. The molecule has 0 aliphatic carbocycles. The minimum atomic E-state index is 0.0797. The van der Waals surface area contributed by atoms with Crippen molar-refractivity contribution in [2.75, 3.05) is 26.7 Å². The normalized spacial score (nSPS) is 23.9. The molecule has 0 spiro atoms. The monoisotopic (exact) mass is 393 g/mol. The van der Waals surface area contributed by atoms with Crippen molar-refractivity contribution in [2.45, 2.75) is 44.7 Å². The molecule has 29 heavy (non-hydrogen) atoms. The lowest BCUT2D eigenvalue weighted by Gasteiger charge is -2.43. The van der Waals surface area contributed by atoms with Gasteiger partial charge in [-0.25, -0.2) is 0 Å². The summed E-state index contributed by atoms with van der Waals surface area (Å²) in [5.41, 5.74) is 2.47. The third-order valence-corrected chi connectivity index (χ3v) is 6.39. The maximum absolute atomic E-state index is 12.8. The number of nitrogens with zero attached hydrogens (tertiary/aromatic N) is 3. The maximum Gasteiger partial charge on any atom is 0.260 e. The first-order valence-electron chi connectivity index (χ1n) is 10.8. The van der Waals surface area contributed by atoms with E-state index in [9.17, 15) is 4.79 Å². The third-order valence-electron chi connectivity index (χ3n) is 6.39. The van der Waals surface area contributed by atoms with E-state index in [1.54, 1.807) is 0 Å². The van der Waals surface area contributed by atoms with Gasteiger partial charge in [0.25, 0.3) is 5.91 Å². The number of hydrogen-bond acceptors (Lipinski definition) is 4. The van der Waals surface area contributed by atoms with Gasteiger partial charge in [0.1, 0.15) is 5.75 Å². The topological polar surface area (TPSA) is 45.7 Å². The van der Waals surface area contributed by atoms with Crippen LogP contribution < -0.4 is 4.74 Å². The predicted octanol–water partition coefficient (Wildman–Crippen LogP) is 3.54. The standard InChI is InChI=1S/C24H31N3O2/c1-26-22-12-14-27(16-19-7-6-13-25-15-19)17-21(22)10-3-2-8-20-9-4-5-11-23(20)29-18-24(26)28/h4-7,9,11,13,15,21-22H,2-3,8,10,12,14,16-18H2,1H3/t21-,22+/m0/s1. The van der Waals surface area contributed by atoms with Crippen LogP contribution in [0.1, 0.15) is 36.8 Å². The van der Waals surface area contributed by atoms with Gasteiger partial charge >= 0.3 is 0 Å². The number of ether oxygens (including phenoxy) is 1. The summed E-state index contributed by atoms with van der Waals surface area (Å²) in [4.78, 5) is 21.6. The Hall–Kier alpha value is -2.40. The third kappa shape index (κ3) is 4.96. The van der Waals surface area contributed by atoms with Crippen molar-refractivity contribution >= 4 is 5.91 Å². The average Bonchev–Trinajstić information content (AvgIpc) is 2.75. The number of fused-ring (bicyclic) bond motifs is 2. The van der Waals surface area contributed by atoms with Crippen molar-refractivity contribution in [3.63, 3.8) is 0 Å². The highest BCUT2D eigenvalue weighted by atomic mass is 16.5. The van der Waals surface area contributed by atoms with Crippen LogP contribution in [0.25, 0.3) is 0 Å². The number of amides is 1. The summed E-state index contributed by atoms with van der Waals surface area (Å²) in [5.74, 6) is 1.44. The van der Waals surface area contributed by atoms with E-state index in [1.165, 1.54) is 17.5 Å². The fourth-order valence-corrected chi connectivity index (χ4v) is 4.78. The second-order valence-electron chi connectivity index (χ2n) is 8.36. The molecule has 0 unspecified atom stereocenters. The summed E-state index contributed by atoms with van der Waals surface area (Å²) >= 11 is 0. The molecule has 154 valence electrons. The zero-order valence-electron chi connectivity index (χ0n) is 17.3. The van der Waals surface area contributed by atoms with Crippen molar-refractivity contribution in [1.29, 1.82) is 0 Å². The molecule has 5 nitrogen and oxygen atoms in total. The van der Waals surface area contributed by atoms with Gasteiger partial charge in [-0.2, -0.15) is 0 Å². The number of likely N-dealkylation sites (N-methyl/N-ethyl adjacent to an activating group) is 1. The molecule has 2 aromatic rings. The number of hydrogen-bond donors (Lipinski definition) is 0. The van der Waals surface area contributed by atoms with E-state index >= 15 is 0 Å². The molecule has 1 saturated heterocycles. The first kappa shape index (κ1) is 19.9. The molecule has 1 amide bonds. The smallest absolute Gasteiger partial charge is 0.260 e. The molecule has 0 saturated carbocycles. The van der Waals surface area contributed by atoms with Gasteiger partial charge in [0.05, 0.1) is 0 Å². The zero-order valence-corrected chi connectivity index (χ0v) is 17.3. The maximum atomic E-state index is 12.8. The number of benzene rings is 1. The lowest BCUT2D eigenvalue weighted by Crippen LogP contribution is -2.52. The molecule has 0 radical (unpaired) electrons. The van der Waals surface area contributed by atoms with Crippen molar-refractivity contribution < 1.29 is 9.53 Å². The Morgan fingerprint density at radius 1 is 1.14 bits per heavy atom. The number of para-hydroxylation sites is 1. The van der Waals surface area contributed by atoms with Gasteiger partial charge < -0.3 is 9.64 Å². The van der Waals surface area contributed by atoms with Crippen LogP contribution in [0.5, 0.6) is 5.75 Å². The van der Waals surface area contributed by atoms with Gasteiger partial charge in [-0.15, -0.1) is 0 Å². The Labute approximate surface area is 173 Å². The van der Waals surface area contributed by atoms with Gasteiger partial charge in [-0.3, -0.25) is 14.7 Å². The lowest BCUT2D eigenvalue weighted by atomic mass is 9.86. The van der Waals surface area contributed by atoms with E-state index in [2.05, 4.69) is 28.1 Å². The van der Waals surface area contributed by atoms with Gasteiger partial charge in [0.15, 0.2) is 6.61 Å². The SMILES string of the molecule is CN1C(=O)COc2ccccc2CCCC[C@H]2CN(Cc3cccnc3)CC[C@H]21. The summed E-state index contributed by atoms with van der Waals surface area (Å²) in [7, 11) is 1.96. The average molecular weight is 394 g/mol. The highest BCUT2D eigenvalue weighted by molar-refractivity contribution is 5.78. The number of piperidine rings is 1. The number of aromatic nitrogens is 1. The van der Waals surface area contributed by atoms with Gasteiger partial charge in [-0.1, -0.05) is 30.7 Å². The molecule has 5 heteroatoms. The molecule has 2 aliphatic rings. The van der Waals surface area contributed by atoms with Crippen molar-refractivity contribution in [3.8, 4) is 5.75 Å². The van der Waals surface area contributed by atoms with Crippen molar-refractivity contribution in [3.05, 3.63) is 59.9 Å². The van der Waals surface area contributed by atoms with Gasteiger partial charge in [0, 0.05) is 45.1 Å². The van der Waals surface area contributed by atoms with Crippen LogP contribution in [0.3, 0.4) is 0 Å². The van der Waals surface area contributed by atoms with Crippen LogP contribution in [-0.4, -0.2) is 53.5 Å². The summed E-state index contributed by atoms with van der Waals surface area (Å²) in [6, 6.07) is 12.6. The highest BCUT2D eigenvalue weighted by Crippen LogP contribution is 2.29. The summed E-state index contributed by atoms with van der Waals surface area (Å²) in [6.45, 7) is 3.10. The Morgan fingerprint density at radius 2 is 2.03 bits per heavy atom. The molecule has 1 aromatic carbocycles. The largest absolute Gasteiger partial charge is 0.483 e. The number of carbonyl (C=O) groups is 1. The second-order valence-corrected chi connectivity index (χ2v) is 8.36. The van der Waals surface area contributed by atoms with Crippen LogP contribution in [0.2, 0.25) is 0 Å². The minimum Gasteiger partial charge on any atom is -0.483 e. The summed E-state index contributed by atoms with van der Waals surface area (Å²) in [5, 5.41) is 0. The van der Waals surface area contributed by atoms with E-state index in [0.717, 1.165) is 51.1 Å². The Balaban J connectivity index is 1.46.